The predicted molar refractivity (Wildman–Crippen MR) is 106 cm³/mol. The fraction of sp³-hybridized carbons (Fsp3) is 0.900. The summed E-state index contributed by atoms with van der Waals surface area (Å²) in [6.07, 6.45) is 10.7. The van der Waals surface area contributed by atoms with Crippen LogP contribution in [0.25, 0.3) is 0 Å². The van der Waals surface area contributed by atoms with Gasteiger partial charge in [0, 0.05) is 31.0 Å². The molecule has 5 nitrogen and oxygen atoms in total. The highest BCUT2D eigenvalue weighted by atomic mass is 35.5. The van der Waals surface area contributed by atoms with E-state index < -0.39 is 0 Å². The summed E-state index contributed by atoms with van der Waals surface area (Å²) in [6, 6.07) is 0.288. The lowest BCUT2D eigenvalue weighted by molar-refractivity contribution is -0.138. The van der Waals surface area contributed by atoms with Gasteiger partial charge in [0.2, 0.25) is 11.8 Å². The number of nitrogens with one attached hydrogen (secondary N) is 2. The van der Waals surface area contributed by atoms with Gasteiger partial charge in [0.15, 0.2) is 0 Å². The Morgan fingerprint density at radius 3 is 2.27 bits per heavy atom. The standard InChI is InChI=1S/C20H35N3O2.ClH/c1-21-13-15-5-4-12-23(14-15)20(25)17-8-10-18(11-9-17)22-19(24)16-6-2-3-7-16;/h15-18,21H,2-14H2,1H3,(H,22,24);1H. The van der Waals surface area contributed by atoms with Gasteiger partial charge in [-0.05, 0) is 70.9 Å². The average Bonchev–Trinajstić information content (AvgIpc) is 3.17. The van der Waals surface area contributed by atoms with Gasteiger partial charge in [-0.3, -0.25) is 9.59 Å². The molecule has 1 unspecified atom stereocenters. The summed E-state index contributed by atoms with van der Waals surface area (Å²) in [5, 5.41) is 6.50. The minimum Gasteiger partial charge on any atom is -0.353 e. The van der Waals surface area contributed by atoms with E-state index in [0.717, 1.165) is 64.6 Å². The topological polar surface area (TPSA) is 61.4 Å². The molecule has 0 aromatic carbocycles. The van der Waals surface area contributed by atoms with Gasteiger partial charge in [0.05, 0.1) is 0 Å². The number of nitrogens with zero attached hydrogens (tertiary/aromatic N) is 1. The molecule has 1 heterocycles. The maximum absolute atomic E-state index is 12.9. The number of amides is 2. The second-order valence-electron chi connectivity index (χ2n) is 8.39. The molecule has 2 amide bonds. The van der Waals surface area contributed by atoms with Crippen molar-refractivity contribution in [3.05, 3.63) is 0 Å². The summed E-state index contributed by atoms with van der Waals surface area (Å²) in [6.45, 7) is 2.85. The molecule has 6 heteroatoms. The van der Waals surface area contributed by atoms with E-state index in [1.807, 2.05) is 7.05 Å². The SMILES string of the molecule is CNCC1CCCN(C(=O)C2CCC(NC(=O)C3CCCC3)CC2)C1.Cl. The van der Waals surface area contributed by atoms with Gasteiger partial charge < -0.3 is 15.5 Å². The monoisotopic (exact) mass is 385 g/mol. The van der Waals surface area contributed by atoms with Crippen LogP contribution in [0, 0.1) is 17.8 Å². The first-order valence-electron chi connectivity index (χ1n) is 10.4. The molecule has 1 saturated heterocycles. The van der Waals surface area contributed by atoms with Gasteiger partial charge in [0.1, 0.15) is 0 Å². The second-order valence-corrected chi connectivity index (χ2v) is 8.39. The third kappa shape index (κ3) is 5.59. The first kappa shape index (κ1) is 21.5. The molecule has 3 aliphatic rings. The zero-order chi connectivity index (χ0) is 17.6. The molecule has 2 N–H and O–H groups in total. The Morgan fingerprint density at radius 2 is 1.62 bits per heavy atom. The van der Waals surface area contributed by atoms with Gasteiger partial charge in [0.25, 0.3) is 0 Å². The third-order valence-corrected chi connectivity index (χ3v) is 6.47. The van der Waals surface area contributed by atoms with Crippen molar-refractivity contribution in [3.8, 4) is 0 Å². The van der Waals surface area contributed by atoms with E-state index in [0.29, 0.717) is 11.8 Å². The quantitative estimate of drug-likeness (QED) is 0.764. The van der Waals surface area contributed by atoms with E-state index in [4.69, 9.17) is 0 Å². The maximum atomic E-state index is 12.9. The Morgan fingerprint density at radius 1 is 0.923 bits per heavy atom. The van der Waals surface area contributed by atoms with Crippen molar-refractivity contribution in [2.24, 2.45) is 17.8 Å². The summed E-state index contributed by atoms with van der Waals surface area (Å²) < 4.78 is 0. The van der Waals surface area contributed by atoms with Crippen molar-refractivity contribution in [1.82, 2.24) is 15.5 Å². The van der Waals surface area contributed by atoms with Crippen LogP contribution in [-0.2, 0) is 9.59 Å². The fourth-order valence-electron chi connectivity index (χ4n) is 4.97. The van der Waals surface area contributed by atoms with E-state index in [2.05, 4.69) is 15.5 Å². The predicted octanol–water partition coefficient (Wildman–Crippen LogP) is 2.73. The first-order valence-corrected chi connectivity index (χ1v) is 10.4. The highest BCUT2D eigenvalue weighted by Gasteiger charge is 2.33. The number of hydrogen-bond acceptors (Lipinski definition) is 3. The van der Waals surface area contributed by atoms with Crippen molar-refractivity contribution < 1.29 is 9.59 Å². The van der Waals surface area contributed by atoms with Crippen molar-refractivity contribution in [2.75, 3.05) is 26.7 Å². The maximum Gasteiger partial charge on any atom is 0.225 e. The molecule has 2 aliphatic carbocycles. The van der Waals surface area contributed by atoms with Crippen LogP contribution in [0.15, 0.2) is 0 Å². The number of hydrogen-bond donors (Lipinski definition) is 2. The Labute approximate surface area is 164 Å². The Hall–Kier alpha value is -0.810. The second kappa shape index (κ2) is 10.5. The zero-order valence-corrected chi connectivity index (χ0v) is 17.0. The average molecular weight is 386 g/mol. The molecule has 0 spiro atoms. The van der Waals surface area contributed by atoms with Crippen LogP contribution >= 0.6 is 12.4 Å². The molecule has 150 valence electrons. The summed E-state index contributed by atoms with van der Waals surface area (Å²) in [7, 11) is 1.99. The summed E-state index contributed by atoms with van der Waals surface area (Å²) in [5.41, 5.74) is 0. The smallest absolute Gasteiger partial charge is 0.225 e. The van der Waals surface area contributed by atoms with E-state index in [-0.39, 0.29) is 36.2 Å². The fourth-order valence-corrected chi connectivity index (χ4v) is 4.97. The highest BCUT2D eigenvalue weighted by molar-refractivity contribution is 5.85. The van der Waals surface area contributed by atoms with Crippen LogP contribution in [0.3, 0.4) is 0 Å². The number of halogens is 1. The van der Waals surface area contributed by atoms with E-state index >= 15 is 0 Å². The van der Waals surface area contributed by atoms with Crippen molar-refractivity contribution >= 4 is 24.2 Å². The zero-order valence-electron chi connectivity index (χ0n) is 16.2. The van der Waals surface area contributed by atoms with E-state index in [1.165, 1.54) is 19.3 Å². The lowest BCUT2D eigenvalue weighted by Gasteiger charge is -2.37. The van der Waals surface area contributed by atoms with Crippen LogP contribution in [-0.4, -0.2) is 49.4 Å². The molecule has 1 atom stereocenters. The van der Waals surface area contributed by atoms with Crippen molar-refractivity contribution in [3.63, 3.8) is 0 Å². The highest BCUT2D eigenvalue weighted by Crippen LogP contribution is 2.29. The molecular weight excluding hydrogens is 350 g/mol. The molecule has 1 aliphatic heterocycles. The number of likely N-dealkylation sites (tertiary alicyclic amines) is 1. The van der Waals surface area contributed by atoms with Crippen molar-refractivity contribution in [1.29, 1.82) is 0 Å². The van der Waals surface area contributed by atoms with E-state index in [9.17, 15) is 9.59 Å². The summed E-state index contributed by atoms with van der Waals surface area (Å²) >= 11 is 0. The molecule has 0 aromatic heterocycles. The number of piperidine rings is 1. The molecule has 0 aromatic rings. The largest absolute Gasteiger partial charge is 0.353 e. The van der Waals surface area contributed by atoms with Crippen molar-refractivity contribution in [2.45, 2.75) is 70.3 Å². The van der Waals surface area contributed by atoms with E-state index in [1.54, 1.807) is 0 Å². The molecule has 3 rings (SSSR count). The molecule has 26 heavy (non-hydrogen) atoms. The Bertz CT molecular complexity index is 458. The molecule has 0 bridgehead atoms. The van der Waals surface area contributed by atoms with Crippen LogP contribution in [0.2, 0.25) is 0 Å². The van der Waals surface area contributed by atoms with Crippen LogP contribution < -0.4 is 10.6 Å². The Balaban J connectivity index is 0.00000243. The van der Waals surface area contributed by atoms with Crippen LogP contribution in [0.1, 0.15) is 64.2 Å². The number of carbonyl (C=O) groups is 2. The lowest BCUT2D eigenvalue weighted by Crippen LogP contribution is -2.47. The lowest BCUT2D eigenvalue weighted by atomic mass is 9.84. The van der Waals surface area contributed by atoms with Gasteiger partial charge >= 0.3 is 0 Å². The Kier molecular flexibility index (Phi) is 8.68. The van der Waals surface area contributed by atoms with Crippen LogP contribution in [0.5, 0.6) is 0 Å². The first-order chi connectivity index (χ1) is 12.2. The van der Waals surface area contributed by atoms with Gasteiger partial charge in [-0.25, -0.2) is 0 Å². The minimum absolute atomic E-state index is 0. The molecule has 2 saturated carbocycles. The summed E-state index contributed by atoms with van der Waals surface area (Å²) in [5.74, 6) is 1.65. The van der Waals surface area contributed by atoms with Crippen LogP contribution in [0.4, 0.5) is 0 Å². The number of rotatable bonds is 5. The third-order valence-electron chi connectivity index (χ3n) is 6.47. The normalized spacial score (nSPS) is 29.9. The van der Waals surface area contributed by atoms with Gasteiger partial charge in [-0.2, -0.15) is 0 Å². The van der Waals surface area contributed by atoms with Gasteiger partial charge in [-0.1, -0.05) is 12.8 Å². The number of carbonyl (C=O) groups excluding carboxylic acids is 2. The van der Waals surface area contributed by atoms with Gasteiger partial charge in [-0.15, -0.1) is 12.4 Å². The molecule has 3 fully saturated rings. The summed E-state index contributed by atoms with van der Waals surface area (Å²) in [4.78, 5) is 27.2. The molecule has 0 radical (unpaired) electrons. The molecular formula is C20H36ClN3O2. The minimum atomic E-state index is 0.